The molecule has 1 heterocycles. The second-order valence-corrected chi connectivity index (χ2v) is 6.13. The molecule has 0 aliphatic carbocycles. The number of rotatable bonds is 8. The van der Waals surface area contributed by atoms with Crippen molar-refractivity contribution in [3.8, 4) is 0 Å². The third kappa shape index (κ3) is 4.89. The number of hydrogen-bond acceptors (Lipinski definition) is 4. The van der Waals surface area contributed by atoms with Crippen molar-refractivity contribution in [3.63, 3.8) is 0 Å². The lowest BCUT2D eigenvalue weighted by atomic mass is 9.95. The highest BCUT2D eigenvalue weighted by Gasteiger charge is 2.17. The Morgan fingerprint density at radius 3 is 2.36 bits per heavy atom. The third-order valence-corrected chi connectivity index (χ3v) is 4.38. The van der Waals surface area contributed by atoms with Crippen molar-refractivity contribution in [2.75, 3.05) is 0 Å². The molecule has 2 rings (SSSR count). The predicted molar refractivity (Wildman–Crippen MR) is 95.2 cm³/mol. The van der Waals surface area contributed by atoms with Crippen LogP contribution in [0.15, 0.2) is 36.5 Å². The van der Waals surface area contributed by atoms with E-state index >= 15 is 0 Å². The van der Waals surface area contributed by atoms with Crippen molar-refractivity contribution in [2.24, 2.45) is 0 Å². The van der Waals surface area contributed by atoms with E-state index < -0.39 is 4.92 Å². The Morgan fingerprint density at radius 1 is 1.20 bits per heavy atom. The molecule has 0 saturated heterocycles. The largest absolute Gasteiger partial charge is 0.389 e. The van der Waals surface area contributed by atoms with Crippen LogP contribution < -0.4 is 5.32 Å². The molecule has 2 aromatic rings. The lowest BCUT2D eigenvalue weighted by Gasteiger charge is -2.18. The first kappa shape index (κ1) is 18.6. The Morgan fingerprint density at radius 2 is 1.84 bits per heavy atom. The van der Waals surface area contributed by atoms with E-state index in [0.29, 0.717) is 5.92 Å². The Balaban J connectivity index is 2.00. The zero-order valence-electron chi connectivity index (χ0n) is 14.8. The summed E-state index contributed by atoms with van der Waals surface area (Å²) >= 11 is 0. The molecule has 0 aliphatic rings. The molecule has 1 N–H and O–H groups in total. The van der Waals surface area contributed by atoms with Crippen molar-refractivity contribution in [1.82, 2.24) is 15.1 Å². The molecule has 0 radical (unpaired) electrons. The predicted octanol–water partition coefficient (Wildman–Crippen LogP) is 3.57. The second-order valence-electron chi connectivity index (χ2n) is 6.13. The van der Waals surface area contributed by atoms with E-state index in [0.717, 1.165) is 18.4 Å². The minimum Gasteiger partial charge on any atom is -0.358 e. The first-order valence-electron chi connectivity index (χ1n) is 8.51. The van der Waals surface area contributed by atoms with Crippen LogP contribution in [0.1, 0.15) is 56.7 Å². The van der Waals surface area contributed by atoms with Crippen LogP contribution in [-0.4, -0.2) is 20.6 Å². The number of aromatic nitrogens is 2. The van der Waals surface area contributed by atoms with E-state index in [-0.39, 0.29) is 24.3 Å². The van der Waals surface area contributed by atoms with Gasteiger partial charge in [0.05, 0.1) is 23.4 Å². The fourth-order valence-electron chi connectivity index (χ4n) is 2.64. The topological polar surface area (TPSA) is 90.1 Å². The van der Waals surface area contributed by atoms with Gasteiger partial charge in [-0.05, 0) is 34.8 Å². The van der Waals surface area contributed by atoms with Gasteiger partial charge in [0.1, 0.15) is 6.54 Å². The first-order chi connectivity index (χ1) is 11.9. The lowest BCUT2D eigenvalue weighted by Crippen LogP contribution is -2.31. The summed E-state index contributed by atoms with van der Waals surface area (Å²) in [6.45, 7) is 6.31. The van der Waals surface area contributed by atoms with Gasteiger partial charge in [0, 0.05) is 0 Å². The van der Waals surface area contributed by atoms with Gasteiger partial charge >= 0.3 is 5.82 Å². The molecule has 1 aromatic heterocycles. The van der Waals surface area contributed by atoms with E-state index in [9.17, 15) is 14.9 Å². The molecule has 0 fully saturated rings. The molecule has 0 aliphatic heterocycles. The maximum Gasteiger partial charge on any atom is 0.389 e. The van der Waals surface area contributed by atoms with Gasteiger partial charge in [-0.1, -0.05) is 45.0 Å². The summed E-state index contributed by atoms with van der Waals surface area (Å²) in [4.78, 5) is 22.3. The SMILES string of the molecule is CCC(C)c1ccc(C(CC)NC(=O)Cn2ccc([N+](=O)[O-])n2)cc1. The molecule has 7 heteroatoms. The molecule has 7 nitrogen and oxygen atoms in total. The van der Waals surface area contributed by atoms with Crippen molar-refractivity contribution < 1.29 is 9.72 Å². The van der Waals surface area contributed by atoms with Crippen LogP contribution in [0.3, 0.4) is 0 Å². The Labute approximate surface area is 147 Å². The van der Waals surface area contributed by atoms with E-state index in [1.54, 1.807) is 0 Å². The van der Waals surface area contributed by atoms with Gasteiger partial charge in [-0.25, -0.2) is 0 Å². The highest BCUT2D eigenvalue weighted by Crippen LogP contribution is 2.22. The minimum atomic E-state index is -0.581. The zero-order valence-corrected chi connectivity index (χ0v) is 14.8. The van der Waals surface area contributed by atoms with Crippen LogP contribution in [0.25, 0.3) is 0 Å². The summed E-state index contributed by atoms with van der Waals surface area (Å²) in [6.07, 6.45) is 3.27. The average Bonchev–Trinajstić information content (AvgIpc) is 3.08. The summed E-state index contributed by atoms with van der Waals surface area (Å²) in [5.74, 6) is 0.0237. The number of nitrogens with one attached hydrogen (secondary N) is 1. The fraction of sp³-hybridized carbons (Fsp3) is 0.444. The van der Waals surface area contributed by atoms with Gasteiger partial charge in [0.2, 0.25) is 5.91 Å². The van der Waals surface area contributed by atoms with E-state index in [1.807, 2.05) is 6.92 Å². The Kier molecular flexibility index (Phi) is 6.27. The summed E-state index contributed by atoms with van der Waals surface area (Å²) in [5, 5.41) is 17.4. The first-order valence-corrected chi connectivity index (χ1v) is 8.51. The van der Waals surface area contributed by atoms with Crippen LogP contribution in [0.4, 0.5) is 5.82 Å². The normalized spacial score (nSPS) is 13.2. The lowest BCUT2D eigenvalue weighted by molar-refractivity contribution is -0.389. The van der Waals surface area contributed by atoms with Gasteiger partial charge in [-0.3, -0.25) is 4.79 Å². The monoisotopic (exact) mass is 344 g/mol. The number of carbonyl (C=O) groups excluding carboxylic acids is 1. The summed E-state index contributed by atoms with van der Waals surface area (Å²) in [5.41, 5.74) is 2.34. The van der Waals surface area contributed by atoms with E-state index in [1.165, 1.54) is 22.5 Å². The molecular weight excluding hydrogens is 320 g/mol. The number of hydrogen-bond donors (Lipinski definition) is 1. The van der Waals surface area contributed by atoms with Crippen LogP contribution in [0.2, 0.25) is 0 Å². The molecular formula is C18H24N4O3. The number of nitro groups is 1. The Hall–Kier alpha value is -2.70. The summed E-state index contributed by atoms with van der Waals surface area (Å²) < 4.78 is 1.27. The number of benzene rings is 1. The van der Waals surface area contributed by atoms with E-state index in [2.05, 4.69) is 48.5 Å². The summed E-state index contributed by atoms with van der Waals surface area (Å²) in [6, 6.07) is 9.50. The molecule has 1 aromatic carbocycles. The molecule has 0 bridgehead atoms. The average molecular weight is 344 g/mol. The summed E-state index contributed by atoms with van der Waals surface area (Å²) in [7, 11) is 0. The van der Waals surface area contributed by atoms with Crippen molar-refractivity contribution in [3.05, 3.63) is 57.8 Å². The molecule has 134 valence electrons. The highest BCUT2D eigenvalue weighted by molar-refractivity contribution is 5.76. The maximum atomic E-state index is 12.2. The molecule has 25 heavy (non-hydrogen) atoms. The van der Waals surface area contributed by atoms with Crippen LogP contribution in [-0.2, 0) is 11.3 Å². The maximum absolute atomic E-state index is 12.2. The number of amides is 1. The Bertz CT molecular complexity index is 724. The van der Waals surface area contributed by atoms with Crippen molar-refractivity contribution in [1.29, 1.82) is 0 Å². The van der Waals surface area contributed by atoms with Crippen molar-refractivity contribution in [2.45, 2.75) is 52.1 Å². The third-order valence-electron chi connectivity index (χ3n) is 4.38. The van der Waals surface area contributed by atoms with Gasteiger partial charge in [-0.2, -0.15) is 4.68 Å². The van der Waals surface area contributed by atoms with Crippen molar-refractivity contribution >= 4 is 11.7 Å². The molecule has 0 saturated carbocycles. The quantitative estimate of drug-likeness (QED) is 0.585. The van der Waals surface area contributed by atoms with E-state index in [4.69, 9.17) is 0 Å². The van der Waals surface area contributed by atoms with Gasteiger partial charge in [-0.15, -0.1) is 0 Å². The van der Waals surface area contributed by atoms with Gasteiger partial charge < -0.3 is 15.4 Å². The molecule has 2 unspecified atom stereocenters. The zero-order chi connectivity index (χ0) is 18.4. The molecule has 1 amide bonds. The van der Waals surface area contributed by atoms with Crippen LogP contribution in [0, 0.1) is 10.1 Å². The fourth-order valence-corrected chi connectivity index (χ4v) is 2.64. The highest BCUT2D eigenvalue weighted by atomic mass is 16.6. The standard InChI is InChI=1S/C18H24N4O3/c1-4-13(3)14-6-8-15(9-7-14)16(5-2)19-18(23)12-21-11-10-17(20-21)22(24)25/h6-11,13,16H,4-5,12H2,1-3H3,(H,19,23). The smallest absolute Gasteiger partial charge is 0.358 e. The number of nitrogens with zero attached hydrogens (tertiary/aromatic N) is 3. The van der Waals surface area contributed by atoms with Gasteiger partial charge in [0.15, 0.2) is 0 Å². The molecule has 2 atom stereocenters. The minimum absolute atomic E-state index is 0.0463. The number of carbonyl (C=O) groups is 1. The van der Waals surface area contributed by atoms with Crippen LogP contribution in [0.5, 0.6) is 0 Å². The van der Waals surface area contributed by atoms with Crippen LogP contribution >= 0.6 is 0 Å². The molecule has 0 spiro atoms. The second kappa shape index (κ2) is 8.41. The van der Waals surface area contributed by atoms with Gasteiger partial charge in [0.25, 0.3) is 0 Å².